The fourth-order valence-corrected chi connectivity index (χ4v) is 5.76. The number of hydrogen-bond acceptors (Lipinski definition) is 5. The molecule has 6 nitrogen and oxygen atoms in total. The minimum Gasteiger partial charge on any atom is -0.350 e. The van der Waals surface area contributed by atoms with E-state index >= 15 is 0 Å². The number of nitrogens with one attached hydrogen (secondary N) is 2. The third kappa shape index (κ3) is 5.17. The van der Waals surface area contributed by atoms with Crippen molar-refractivity contribution in [2.75, 3.05) is 24.4 Å². The molecule has 1 atom stereocenters. The van der Waals surface area contributed by atoms with Crippen molar-refractivity contribution in [3.63, 3.8) is 0 Å². The molecule has 0 radical (unpaired) electrons. The number of carbonyl (C=O) groups is 1. The molecule has 4 rings (SSSR count). The van der Waals surface area contributed by atoms with Gasteiger partial charge >= 0.3 is 0 Å². The number of rotatable bonds is 8. The largest absolute Gasteiger partial charge is 0.350 e. The van der Waals surface area contributed by atoms with Crippen LogP contribution in [0.25, 0.3) is 0 Å². The van der Waals surface area contributed by atoms with E-state index in [4.69, 9.17) is 0 Å². The molecule has 1 aliphatic heterocycles. The molecule has 0 spiro atoms. The first-order valence-electron chi connectivity index (χ1n) is 10.4. The van der Waals surface area contributed by atoms with E-state index in [1.807, 2.05) is 11.4 Å². The maximum atomic E-state index is 13.9. The standard InChI is InChI=1S/C23H24FN3O3S2/c24-19-9-1-2-10-20(19)26-32(29,30)18-8-5-7-17(15-18)23(28)25-16-21(22-11-6-14-31-22)27-12-3-4-13-27/h1-2,5-11,14-15,21,26H,3-4,12-13,16H2,(H,25,28). The van der Waals surface area contributed by atoms with Crippen molar-refractivity contribution in [3.05, 3.63) is 82.3 Å². The van der Waals surface area contributed by atoms with Gasteiger partial charge in [0, 0.05) is 17.0 Å². The molecule has 0 bridgehead atoms. The van der Waals surface area contributed by atoms with Crippen LogP contribution in [0.4, 0.5) is 10.1 Å². The molecule has 1 fully saturated rings. The molecule has 2 aromatic carbocycles. The van der Waals surface area contributed by atoms with Crippen LogP contribution in [-0.2, 0) is 10.0 Å². The maximum absolute atomic E-state index is 13.9. The Bertz CT molecular complexity index is 1180. The zero-order valence-corrected chi connectivity index (χ0v) is 19.0. The number of carbonyl (C=O) groups excluding carboxylic acids is 1. The molecule has 168 valence electrons. The van der Waals surface area contributed by atoms with E-state index in [9.17, 15) is 17.6 Å². The predicted molar refractivity (Wildman–Crippen MR) is 124 cm³/mol. The number of amides is 1. The normalized spacial score (nSPS) is 15.4. The van der Waals surface area contributed by atoms with Crippen molar-refractivity contribution in [2.45, 2.75) is 23.8 Å². The van der Waals surface area contributed by atoms with Crippen molar-refractivity contribution in [1.29, 1.82) is 0 Å². The minimum absolute atomic E-state index is 0.0936. The lowest BCUT2D eigenvalue weighted by atomic mass is 10.2. The summed E-state index contributed by atoms with van der Waals surface area (Å²) in [5, 5.41) is 4.98. The highest BCUT2D eigenvalue weighted by Gasteiger charge is 2.25. The van der Waals surface area contributed by atoms with Gasteiger partial charge in [0.15, 0.2) is 0 Å². The summed E-state index contributed by atoms with van der Waals surface area (Å²) in [5.41, 5.74) is 0.0829. The number of thiophene rings is 1. The van der Waals surface area contributed by atoms with Gasteiger partial charge in [0.05, 0.1) is 16.6 Å². The van der Waals surface area contributed by atoms with E-state index in [-0.39, 0.29) is 28.1 Å². The topological polar surface area (TPSA) is 78.5 Å². The molecule has 0 saturated carbocycles. The summed E-state index contributed by atoms with van der Waals surface area (Å²) in [5.74, 6) is -1.03. The first-order chi connectivity index (χ1) is 15.4. The Balaban J connectivity index is 1.47. The van der Waals surface area contributed by atoms with E-state index in [1.54, 1.807) is 17.4 Å². The minimum atomic E-state index is -4.05. The van der Waals surface area contributed by atoms with Gasteiger partial charge < -0.3 is 5.32 Å². The van der Waals surface area contributed by atoms with Crippen LogP contribution in [0.15, 0.2) is 70.9 Å². The number of sulfonamides is 1. The van der Waals surface area contributed by atoms with Crippen LogP contribution in [0.3, 0.4) is 0 Å². The van der Waals surface area contributed by atoms with Gasteiger partial charge in [-0.2, -0.15) is 0 Å². The monoisotopic (exact) mass is 473 g/mol. The number of anilines is 1. The Morgan fingerprint density at radius 2 is 1.84 bits per heavy atom. The second kappa shape index (κ2) is 9.81. The number of likely N-dealkylation sites (tertiary alicyclic amines) is 1. The van der Waals surface area contributed by atoms with Crippen LogP contribution in [0.2, 0.25) is 0 Å². The van der Waals surface area contributed by atoms with Crippen LogP contribution < -0.4 is 10.0 Å². The van der Waals surface area contributed by atoms with Crippen molar-refractivity contribution in [3.8, 4) is 0 Å². The summed E-state index contributed by atoms with van der Waals surface area (Å²) in [6.07, 6.45) is 2.29. The third-order valence-corrected chi connectivity index (χ3v) is 7.77. The Morgan fingerprint density at radius 1 is 1.06 bits per heavy atom. The highest BCUT2D eigenvalue weighted by molar-refractivity contribution is 7.92. The highest BCUT2D eigenvalue weighted by atomic mass is 32.2. The molecular formula is C23H24FN3O3S2. The Labute approximate surface area is 191 Å². The van der Waals surface area contributed by atoms with E-state index < -0.39 is 15.8 Å². The number of hydrogen-bond donors (Lipinski definition) is 2. The average Bonchev–Trinajstić information content (AvgIpc) is 3.50. The van der Waals surface area contributed by atoms with E-state index in [0.29, 0.717) is 6.54 Å². The third-order valence-electron chi connectivity index (χ3n) is 5.43. The molecule has 2 N–H and O–H groups in total. The van der Waals surface area contributed by atoms with Crippen LogP contribution in [0.1, 0.15) is 34.1 Å². The van der Waals surface area contributed by atoms with E-state index in [2.05, 4.69) is 21.0 Å². The van der Waals surface area contributed by atoms with E-state index in [1.165, 1.54) is 47.3 Å². The Hall–Kier alpha value is -2.75. The van der Waals surface area contributed by atoms with Crippen molar-refractivity contribution < 1.29 is 17.6 Å². The van der Waals surface area contributed by atoms with Gasteiger partial charge in [-0.3, -0.25) is 14.4 Å². The second-order valence-corrected chi connectivity index (χ2v) is 10.3. The molecule has 1 saturated heterocycles. The fraction of sp³-hybridized carbons (Fsp3) is 0.261. The van der Waals surface area contributed by atoms with Crippen LogP contribution >= 0.6 is 11.3 Å². The molecule has 9 heteroatoms. The lowest BCUT2D eigenvalue weighted by molar-refractivity contribution is 0.0938. The summed E-state index contributed by atoms with van der Waals surface area (Å²) >= 11 is 1.66. The Kier molecular flexibility index (Phi) is 6.88. The van der Waals surface area contributed by atoms with Gasteiger partial charge in [0.25, 0.3) is 15.9 Å². The highest BCUT2D eigenvalue weighted by Crippen LogP contribution is 2.28. The predicted octanol–water partition coefficient (Wildman–Crippen LogP) is 4.25. The molecule has 2 heterocycles. The zero-order valence-electron chi connectivity index (χ0n) is 17.3. The molecule has 1 aromatic heterocycles. The average molecular weight is 474 g/mol. The smallest absolute Gasteiger partial charge is 0.262 e. The van der Waals surface area contributed by atoms with Crippen molar-refractivity contribution in [1.82, 2.24) is 10.2 Å². The first kappa shape index (κ1) is 22.4. The molecule has 0 aliphatic carbocycles. The quantitative estimate of drug-likeness (QED) is 0.513. The van der Waals surface area contributed by atoms with Gasteiger partial charge in [0.1, 0.15) is 5.82 Å². The van der Waals surface area contributed by atoms with Gasteiger partial charge in [0.2, 0.25) is 0 Å². The van der Waals surface area contributed by atoms with Crippen molar-refractivity contribution in [2.24, 2.45) is 0 Å². The number of benzene rings is 2. The lowest BCUT2D eigenvalue weighted by Gasteiger charge is -2.27. The molecular weight excluding hydrogens is 449 g/mol. The summed E-state index contributed by atoms with van der Waals surface area (Å²) in [6, 6.07) is 15.4. The summed E-state index contributed by atoms with van der Waals surface area (Å²) in [4.78, 5) is 16.3. The maximum Gasteiger partial charge on any atom is 0.262 e. The van der Waals surface area contributed by atoms with E-state index in [0.717, 1.165) is 25.9 Å². The summed E-state index contributed by atoms with van der Waals surface area (Å²) in [6.45, 7) is 2.42. The number of halogens is 1. The van der Waals surface area contributed by atoms with Crippen LogP contribution in [-0.4, -0.2) is 38.9 Å². The molecule has 32 heavy (non-hydrogen) atoms. The summed E-state index contributed by atoms with van der Waals surface area (Å²) < 4.78 is 41.5. The zero-order chi connectivity index (χ0) is 22.6. The molecule has 1 unspecified atom stereocenters. The fourth-order valence-electron chi connectivity index (χ4n) is 3.79. The van der Waals surface area contributed by atoms with Gasteiger partial charge in [-0.05, 0) is 67.7 Å². The lowest BCUT2D eigenvalue weighted by Crippen LogP contribution is -2.36. The molecule has 3 aromatic rings. The van der Waals surface area contributed by atoms with Gasteiger partial charge in [-0.25, -0.2) is 12.8 Å². The van der Waals surface area contributed by atoms with Gasteiger partial charge in [-0.1, -0.05) is 24.3 Å². The SMILES string of the molecule is O=C(NCC(c1cccs1)N1CCCC1)c1cccc(S(=O)(=O)Nc2ccccc2F)c1. The Morgan fingerprint density at radius 3 is 2.56 bits per heavy atom. The van der Waals surface area contributed by atoms with Crippen molar-refractivity contribution >= 4 is 33.0 Å². The molecule has 1 aliphatic rings. The summed E-state index contributed by atoms with van der Waals surface area (Å²) in [7, 11) is -4.05. The molecule has 1 amide bonds. The second-order valence-electron chi connectivity index (χ2n) is 7.60. The first-order valence-corrected chi connectivity index (χ1v) is 12.7. The van der Waals surface area contributed by atoms with Gasteiger partial charge in [-0.15, -0.1) is 11.3 Å². The van der Waals surface area contributed by atoms with Crippen LogP contribution in [0.5, 0.6) is 0 Å². The van der Waals surface area contributed by atoms with Crippen LogP contribution in [0, 0.1) is 5.82 Å². The number of para-hydroxylation sites is 1. The number of nitrogens with zero attached hydrogens (tertiary/aromatic N) is 1.